The molecular formula is C16H21N3S. The molecule has 0 bridgehead atoms. The van der Waals surface area contributed by atoms with Crippen molar-refractivity contribution in [3.8, 4) is 0 Å². The molecule has 20 heavy (non-hydrogen) atoms. The summed E-state index contributed by atoms with van der Waals surface area (Å²) in [5.74, 6) is 5.83. The zero-order chi connectivity index (χ0) is 13.8. The summed E-state index contributed by atoms with van der Waals surface area (Å²) in [7, 11) is 0. The van der Waals surface area contributed by atoms with E-state index >= 15 is 0 Å². The third-order valence-corrected chi connectivity index (χ3v) is 4.87. The largest absolute Gasteiger partial charge is 0.271 e. The highest BCUT2D eigenvalue weighted by molar-refractivity contribution is 7.17. The van der Waals surface area contributed by atoms with Crippen LogP contribution in [0.3, 0.4) is 0 Å². The molecule has 0 amide bonds. The van der Waals surface area contributed by atoms with Crippen LogP contribution in [-0.2, 0) is 0 Å². The summed E-state index contributed by atoms with van der Waals surface area (Å²) in [5.41, 5.74) is 6.66. The fourth-order valence-electron chi connectivity index (χ4n) is 2.92. The topological polar surface area (TPSA) is 50.9 Å². The molecule has 0 radical (unpaired) electrons. The van der Waals surface area contributed by atoms with Crippen molar-refractivity contribution in [2.24, 2.45) is 5.84 Å². The number of hydrogen-bond acceptors (Lipinski definition) is 4. The molecule has 2 aromatic rings. The Kier molecular flexibility index (Phi) is 4.45. The Bertz CT molecular complexity index is 603. The molecule has 3 nitrogen and oxygen atoms in total. The molecule has 0 spiro atoms. The van der Waals surface area contributed by atoms with Crippen LogP contribution >= 0.6 is 11.3 Å². The lowest BCUT2D eigenvalue weighted by Gasteiger charge is -2.21. The van der Waals surface area contributed by atoms with Crippen LogP contribution in [0.15, 0.2) is 35.4 Å². The van der Waals surface area contributed by atoms with Crippen LogP contribution in [0.1, 0.15) is 50.1 Å². The maximum absolute atomic E-state index is 5.83. The van der Waals surface area contributed by atoms with Gasteiger partial charge in [-0.3, -0.25) is 10.8 Å². The summed E-state index contributed by atoms with van der Waals surface area (Å²) in [5, 5.41) is 2.08. The minimum Gasteiger partial charge on any atom is -0.271 e. The van der Waals surface area contributed by atoms with E-state index in [1.807, 2.05) is 6.20 Å². The van der Waals surface area contributed by atoms with Gasteiger partial charge >= 0.3 is 0 Å². The third kappa shape index (κ3) is 2.92. The van der Waals surface area contributed by atoms with E-state index in [0.29, 0.717) is 0 Å². The van der Waals surface area contributed by atoms with Crippen LogP contribution in [0.2, 0.25) is 0 Å². The van der Waals surface area contributed by atoms with Gasteiger partial charge in [-0.15, -0.1) is 11.3 Å². The van der Waals surface area contributed by atoms with E-state index in [0.717, 1.165) is 11.9 Å². The van der Waals surface area contributed by atoms with Crippen molar-refractivity contribution in [2.75, 3.05) is 0 Å². The van der Waals surface area contributed by atoms with Crippen LogP contribution in [0.4, 0.5) is 0 Å². The first kappa shape index (κ1) is 13.7. The highest BCUT2D eigenvalue weighted by Crippen LogP contribution is 2.30. The number of nitrogens with zero attached hydrogens (tertiary/aromatic N) is 1. The second-order valence-corrected chi connectivity index (χ2v) is 6.35. The van der Waals surface area contributed by atoms with Crippen LogP contribution in [0.5, 0.6) is 0 Å². The van der Waals surface area contributed by atoms with Crippen LogP contribution in [-0.4, -0.2) is 4.98 Å². The van der Waals surface area contributed by atoms with Gasteiger partial charge in [-0.05, 0) is 48.8 Å². The normalized spacial score (nSPS) is 20.9. The van der Waals surface area contributed by atoms with E-state index in [1.165, 1.54) is 47.9 Å². The zero-order valence-electron chi connectivity index (χ0n) is 11.6. The molecule has 0 fully saturated rings. The first-order chi connectivity index (χ1) is 9.88. The number of nitrogens with one attached hydrogen (secondary N) is 1. The molecule has 106 valence electrons. The highest BCUT2D eigenvalue weighted by Gasteiger charge is 2.17. The van der Waals surface area contributed by atoms with E-state index < -0.39 is 0 Å². The van der Waals surface area contributed by atoms with Crippen molar-refractivity contribution in [1.29, 1.82) is 0 Å². The molecule has 0 saturated heterocycles. The smallest absolute Gasteiger partial charge is 0.0809 e. The van der Waals surface area contributed by atoms with Gasteiger partial charge in [-0.25, -0.2) is 5.43 Å². The molecule has 2 aromatic heterocycles. The summed E-state index contributed by atoms with van der Waals surface area (Å²) < 4.78 is 1.23. The Balaban J connectivity index is 1.90. The number of nitrogens with two attached hydrogens (primary N) is 1. The van der Waals surface area contributed by atoms with Gasteiger partial charge in [0.2, 0.25) is 0 Å². The van der Waals surface area contributed by atoms with E-state index in [1.54, 1.807) is 11.3 Å². The predicted octanol–water partition coefficient (Wildman–Crippen LogP) is 4.08. The lowest BCUT2D eigenvalue weighted by atomic mass is 9.92. The average molecular weight is 287 g/mol. The second kappa shape index (κ2) is 6.48. The number of fused-ring (bicyclic) bond motifs is 1. The lowest BCUT2D eigenvalue weighted by Crippen LogP contribution is -2.29. The lowest BCUT2D eigenvalue weighted by molar-refractivity contribution is 0.555. The Labute approximate surface area is 123 Å². The summed E-state index contributed by atoms with van der Waals surface area (Å²) in [4.78, 5) is 4.53. The molecule has 1 unspecified atom stereocenters. The predicted molar refractivity (Wildman–Crippen MR) is 85.5 cm³/mol. The zero-order valence-corrected chi connectivity index (χ0v) is 12.5. The summed E-state index contributed by atoms with van der Waals surface area (Å²) >= 11 is 1.73. The van der Waals surface area contributed by atoms with Gasteiger partial charge in [-0.1, -0.05) is 24.5 Å². The third-order valence-electron chi connectivity index (χ3n) is 4.02. The van der Waals surface area contributed by atoms with Gasteiger partial charge < -0.3 is 0 Å². The van der Waals surface area contributed by atoms with Gasteiger partial charge in [0.05, 0.1) is 16.3 Å². The first-order valence-corrected chi connectivity index (χ1v) is 8.24. The summed E-state index contributed by atoms with van der Waals surface area (Å²) in [6.07, 6.45) is 11.9. The van der Waals surface area contributed by atoms with Crippen LogP contribution in [0.25, 0.3) is 10.2 Å². The monoisotopic (exact) mass is 287 g/mol. The van der Waals surface area contributed by atoms with Crippen molar-refractivity contribution in [3.63, 3.8) is 0 Å². The van der Waals surface area contributed by atoms with Gasteiger partial charge in [0, 0.05) is 6.20 Å². The Hall–Kier alpha value is -1.23. The van der Waals surface area contributed by atoms with E-state index in [9.17, 15) is 0 Å². The molecule has 3 rings (SSSR count). The molecule has 3 N–H and O–H groups in total. The number of hydrazine groups is 1. The SMILES string of the molecule is NNC(/C1=C/CCCCCC1)c1cnc2ccsc2c1. The van der Waals surface area contributed by atoms with Crippen molar-refractivity contribution in [1.82, 2.24) is 10.4 Å². The van der Waals surface area contributed by atoms with Crippen molar-refractivity contribution in [3.05, 3.63) is 40.9 Å². The fourth-order valence-corrected chi connectivity index (χ4v) is 3.70. The second-order valence-electron chi connectivity index (χ2n) is 5.40. The van der Waals surface area contributed by atoms with Gasteiger partial charge in [0.1, 0.15) is 0 Å². The number of hydrogen-bond donors (Lipinski definition) is 2. The molecule has 1 aliphatic rings. The number of thiophene rings is 1. The summed E-state index contributed by atoms with van der Waals surface area (Å²) in [6, 6.07) is 4.38. The van der Waals surface area contributed by atoms with E-state index in [-0.39, 0.29) is 6.04 Å². The molecule has 1 aliphatic carbocycles. The van der Waals surface area contributed by atoms with Gasteiger partial charge in [0.15, 0.2) is 0 Å². The van der Waals surface area contributed by atoms with E-state index in [4.69, 9.17) is 5.84 Å². The molecule has 2 heterocycles. The number of rotatable bonds is 3. The Morgan fingerprint density at radius 3 is 3.05 bits per heavy atom. The fraction of sp³-hybridized carbons (Fsp3) is 0.438. The van der Waals surface area contributed by atoms with Gasteiger partial charge in [0.25, 0.3) is 0 Å². The maximum Gasteiger partial charge on any atom is 0.0809 e. The first-order valence-electron chi connectivity index (χ1n) is 7.36. The van der Waals surface area contributed by atoms with E-state index in [2.05, 4.69) is 34.0 Å². The standard InChI is InChI=1S/C16H21N3S/c17-19-16(12-6-4-2-1-3-5-7-12)13-10-15-14(18-11-13)8-9-20-15/h6,8-11,16,19H,1-5,7,17H2/b12-6+. The number of aromatic nitrogens is 1. The average Bonchev–Trinajstić information content (AvgIpc) is 2.89. The minimum absolute atomic E-state index is 0.104. The van der Waals surface area contributed by atoms with Crippen molar-refractivity contribution in [2.45, 2.75) is 44.6 Å². The molecule has 0 saturated carbocycles. The summed E-state index contributed by atoms with van der Waals surface area (Å²) in [6.45, 7) is 0. The Morgan fingerprint density at radius 2 is 2.15 bits per heavy atom. The van der Waals surface area contributed by atoms with Crippen LogP contribution in [0, 0.1) is 0 Å². The maximum atomic E-state index is 5.83. The molecule has 0 aromatic carbocycles. The molecule has 4 heteroatoms. The number of allylic oxidation sites excluding steroid dienone is 1. The highest BCUT2D eigenvalue weighted by atomic mass is 32.1. The molecular weight excluding hydrogens is 266 g/mol. The minimum atomic E-state index is 0.104. The number of pyridine rings is 1. The van der Waals surface area contributed by atoms with Crippen molar-refractivity contribution >= 4 is 21.6 Å². The van der Waals surface area contributed by atoms with Gasteiger partial charge in [-0.2, -0.15) is 0 Å². The van der Waals surface area contributed by atoms with Crippen molar-refractivity contribution < 1.29 is 0 Å². The molecule has 0 aliphatic heterocycles. The quantitative estimate of drug-likeness (QED) is 0.508. The Morgan fingerprint density at radius 1 is 1.25 bits per heavy atom. The van der Waals surface area contributed by atoms with Crippen LogP contribution < -0.4 is 11.3 Å². The molecule has 1 atom stereocenters.